The van der Waals surface area contributed by atoms with Crippen molar-refractivity contribution in [2.45, 2.75) is 13.8 Å². The molecule has 0 atom stereocenters. The number of likely N-dealkylation sites (N-methyl/N-ethyl adjacent to an activating group) is 1. The first-order valence-corrected chi connectivity index (χ1v) is 5.83. The van der Waals surface area contributed by atoms with Crippen molar-refractivity contribution in [3.63, 3.8) is 0 Å². The van der Waals surface area contributed by atoms with Gasteiger partial charge in [0, 0.05) is 13.1 Å². The highest BCUT2D eigenvalue weighted by atomic mass is 35.5. The second kappa shape index (κ2) is 5.98. The van der Waals surface area contributed by atoms with Crippen molar-refractivity contribution in [3.8, 4) is 0 Å². The van der Waals surface area contributed by atoms with Gasteiger partial charge >= 0.3 is 0 Å². The Morgan fingerprint density at radius 3 is 2.65 bits per heavy atom. The van der Waals surface area contributed by atoms with Crippen molar-refractivity contribution in [3.05, 3.63) is 34.1 Å². The van der Waals surface area contributed by atoms with Crippen LogP contribution in [0.5, 0.6) is 0 Å². The zero-order valence-corrected chi connectivity index (χ0v) is 11.2. The van der Waals surface area contributed by atoms with E-state index in [0.717, 1.165) is 5.57 Å². The molecule has 0 N–H and O–H groups in total. The molecule has 17 heavy (non-hydrogen) atoms. The summed E-state index contributed by atoms with van der Waals surface area (Å²) >= 11 is 11.5. The van der Waals surface area contributed by atoms with E-state index in [1.165, 1.54) is 6.07 Å². The molecular formula is C11H13Cl2N3O. The topological polar surface area (TPSA) is 46.1 Å². The zero-order chi connectivity index (χ0) is 13.0. The van der Waals surface area contributed by atoms with Gasteiger partial charge in [0.15, 0.2) is 10.3 Å². The standard InChI is InChI=1S/C11H13Cl2N3O/c1-4-16(6-7(2)3)11(17)8-5-9(12)14-15-10(8)13/h5H,2,4,6H2,1,3H3. The van der Waals surface area contributed by atoms with Gasteiger partial charge < -0.3 is 4.90 Å². The second-order valence-electron chi connectivity index (χ2n) is 3.65. The van der Waals surface area contributed by atoms with Gasteiger partial charge in [0.2, 0.25) is 0 Å². The van der Waals surface area contributed by atoms with Crippen LogP contribution in [-0.2, 0) is 0 Å². The van der Waals surface area contributed by atoms with Gasteiger partial charge in [-0.25, -0.2) is 0 Å². The van der Waals surface area contributed by atoms with Crippen molar-refractivity contribution in [2.24, 2.45) is 0 Å². The highest BCUT2D eigenvalue weighted by Gasteiger charge is 2.18. The summed E-state index contributed by atoms with van der Waals surface area (Å²) < 4.78 is 0. The Kier molecular flexibility index (Phi) is 4.90. The maximum absolute atomic E-state index is 12.2. The molecule has 0 spiro atoms. The Balaban J connectivity index is 3.01. The van der Waals surface area contributed by atoms with Crippen LogP contribution in [0.1, 0.15) is 24.2 Å². The minimum Gasteiger partial charge on any atom is -0.335 e. The Morgan fingerprint density at radius 1 is 1.47 bits per heavy atom. The van der Waals surface area contributed by atoms with Crippen molar-refractivity contribution < 1.29 is 4.79 Å². The molecule has 0 aromatic carbocycles. The molecule has 6 heteroatoms. The Labute approximate surface area is 110 Å². The molecule has 1 heterocycles. The fourth-order valence-electron chi connectivity index (χ4n) is 1.33. The number of halogens is 2. The number of aromatic nitrogens is 2. The number of rotatable bonds is 4. The SMILES string of the molecule is C=C(C)CN(CC)C(=O)c1cc(Cl)nnc1Cl. The molecule has 1 aromatic heterocycles. The molecule has 1 aromatic rings. The van der Waals surface area contributed by atoms with Crippen LogP contribution in [0, 0.1) is 0 Å². The summed E-state index contributed by atoms with van der Waals surface area (Å²) in [7, 11) is 0. The van der Waals surface area contributed by atoms with E-state index in [-0.39, 0.29) is 21.8 Å². The summed E-state index contributed by atoms with van der Waals surface area (Å²) in [6.07, 6.45) is 0. The van der Waals surface area contributed by atoms with E-state index >= 15 is 0 Å². The largest absolute Gasteiger partial charge is 0.335 e. The molecule has 0 saturated carbocycles. The first-order valence-electron chi connectivity index (χ1n) is 5.08. The molecular weight excluding hydrogens is 261 g/mol. The van der Waals surface area contributed by atoms with E-state index in [1.54, 1.807) is 4.90 Å². The van der Waals surface area contributed by atoms with Gasteiger partial charge in [-0.05, 0) is 19.9 Å². The predicted octanol–water partition coefficient (Wildman–Crippen LogP) is 2.82. The van der Waals surface area contributed by atoms with Gasteiger partial charge in [0.05, 0.1) is 5.56 Å². The lowest BCUT2D eigenvalue weighted by Gasteiger charge is -2.21. The van der Waals surface area contributed by atoms with E-state index in [9.17, 15) is 4.79 Å². The predicted molar refractivity (Wildman–Crippen MR) is 68.4 cm³/mol. The van der Waals surface area contributed by atoms with Gasteiger partial charge in [-0.1, -0.05) is 35.4 Å². The van der Waals surface area contributed by atoms with Gasteiger partial charge in [0.1, 0.15) is 0 Å². The lowest BCUT2D eigenvalue weighted by molar-refractivity contribution is 0.0778. The van der Waals surface area contributed by atoms with E-state index in [0.29, 0.717) is 13.1 Å². The third-order valence-electron chi connectivity index (χ3n) is 2.08. The van der Waals surface area contributed by atoms with Crippen LogP contribution in [0.3, 0.4) is 0 Å². The summed E-state index contributed by atoms with van der Waals surface area (Å²) in [4.78, 5) is 13.8. The van der Waals surface area contributed by atoms with Gasteiger partial charge in [0.25, 0.3) is 5.91 Å². The van der Waals surface area contributed by atoms with E-state index in [1.807, 2.05) is 13.8 Å². The smallest absolute Gasteiger partial charge is 0.257 e. The summed E-state index contributed by atoms with van der Waals surface area (Å²) in [5.41, 5.74) is 1.15. The molecule has 0 fully saturated rings. The first kappa shape index (κ1) is 13.9. The fourth-order valence-corrected chi connectivity index (χ4v) is 1.65. The molecule has 1 amide bonds. The molecule has 92 valence electrons. The number of nitrogens with zero attached hydrogens (tertiary/aromatic N) is 3. The highest BCUT2D eigenvalue weighted by molar-refractivity contribution is 6.34. The fraction of sp³-hybridized carbons (Fsp3) is 0.364. The van der Waals surface area contributed by atoms with Gasteiger partial charge in [-0.3, -0.25) is 4.79 Å². The lowest BCUT2D eigenvalue weighted by Crippen LogP contribution is -2.32. The summed E-state index contributed by atoms with van der Waals surface area (Å²) in [5, 5.41) is 7.37. The number of amides is 1. The molecule has 0 saturated heterocycles. The molecule has 0 bridgehead atoms. The number of carbonyl (C=O) groups excluding carboxylic acids is 1. The van der Waals surface area contributed by atoms with Crippen LogP contribution in [0.25, 0.3) is 0 Å². The average Bonchev–Trinajstić information content (AvgIpc) is 2.28. The van der Waals surface area contributed by atoms with Gasteiger partial charge in [-0.2, -0.15) is 0 Å². The average molecular weight is 274 g/mol. The van der Waals surface area contributed by atoms with E-state index in [4.69, 9.17) is 23.2 Å². The van der Waals surface area contributed by atoms with Crippen molar-refractivity contribution >= 4 is 29.1 Å². The number of hydrogen-bond acceptors (Lipinski definition) is 3. The first-order chi connectivity index (χ1) is 7.95. The monoisotopic (exact) mass is 273 g/mol. The lowest BCUT2D eigenvalue weighted by atomic mass is 10.2. The van der Waals surface area contributed by atoms with Crippen LogP contribution < -0.4 is 0 Å². The van der Waals surface area contributed by atoms with E-state index in [2.05, 4.69) is 16.8 Å². The van der Waals surface area contributed by atoms with Crippen LogP contribution in [0.2, 0.25) is 10.3 Å². The van der Waals surface area contributed by atoms with Crippen LogP contribution in [0.15, 0.2) is 18.2 Å². The minimum atomic E-state index is -0.225. The van der Waals surface area contributed by atoms with Crippen molar-refractivity contribution in [1.82, 2.24) is 15.1 Å². The zero-order valence-electron chi connectivity index (χ0n) is 9.70. The van der Waals surface area contributed by atoms with Crippen LogP contribution >= 0.6 is 23.2 Å². The minimum absolute atomic E-state index is 0.0552. The Bertz CT molecular complexity index is 448. The molecule has 4 nitrogen and oxygen atoms in total. The summed E-state index contributed by atoms with van der Waals surface area (Å²) in [6.45, 7) is 8.55. The van der Waals surface area contributed by atoms with E-state index < -0.39 is 0 Å². The quantitative estimate of drug-likeness (QED) is 0.793. The normalized spacial score (nSPS) is 10.1. The molecule has 0 radical (unpaired) electrons. The maximum Gasteiger partial charge on any atom is 0.257 e. The number of hydrogen-bond donors (Lipinski definition) is 0. The Morgan fingerprint density at radius 2 is 2.12 bits per heavy atom. The number of carbonyl (C=O) groups is 1. The summed E-state index contributed by atoms with van der Waals surface area (Å²) in [5.74, 6) is -0.225. The third kappa shape index (κ3) is 3.68. The molecule has 0 aliphatic rings. The van der Waals surface area contributed by atoms with Crippen LogP contribution in [0.4, 0.5) is 0 Å². The third-order valence-corrected chi connectivity index (χ3v) is 2.54. The maximum atomic E-state index is 12.2. The van der Waals surface area contributed by atoms with Crippen LogP contribution in [-0.4, -0.2) is 34.1 Å². The molecule has 1 rings (SSSR count). The van der Waals surface area contributed by atoms with Crippen molar-refractivity contribution in [2.75, 3.05) is 13.1 Å². The summed E-state index contributed by atoms with van der Waals surface area (Å²) in [6, 6.07) is 1.42. The van der Waals surface area contributed by atoms with Crippen molar-refractivity contribution in [1.29, 1.82) is 0 Å². The second-order valence-corrected chi connectivity index (χ2v) is 4.39. The van der Waals surface area contributed by atoms with Gasteiger partial charge in [-0.15, -0.1) is 10.2 Å². The molecule has 0 aliphatic heterocycles. The Hall–Kier alpha value is -1.13. The molecule has 0 aliphatic carbocycles. The molecule has 0 unspecified atom stereocenters. The highest BCUT2D eigenvalue weighted by Crippen LogP contribution is 2.17.